The Morgan fingerprint density at radius 1 is 0.574 bits per heavy atom. The summed E-state index contributed by atoms with van der Waals surface area (Å²) < 4.78 is 23.7. The van der Waals surface area contributed by atoms with Crippen molar-refractivity contribution in [3.05, 3.63) is 72.9 Å². The highest BCUT2D eigenvalue weighted by Gasteiger charge is 2.28. The highest BCUT2D eigenvalue weighted by atomic mass is 31.2. The molecule has 0 saturated carbocycles. The molecule has 3 N–H and O–H groups in total. The van der Waals surface area contributed by atoms with Gasteiger partial charge >= 0.3 is 7.82 Å². The molecular weight excluding hydrogens is 780 g/mol. The lowest BCUT2D eigenvalue weighted by atomic mass is 10.0. The lowest BCUT2D eigenvalue weighted by Gasteiger charge is -2.26. The SMILES string of the molecule is CC/C=C\C/C=C\C/C=C\C/C=C\C/C=C\C/C=C\CCCCC(=O)NC(COP(=O)(O)OCC[N+](C)(C)C)C(O)CCCCCCCCCCCCCCCCCCCC. The minimum atomic E-state index is -4.33. The van der Waals surface area contributed by atoms with Gasteiger partial charge in [0.05, 0.1) is 39.9 Å². The van der Waals surface area contributed by atoms with E-state index in [2.05, 4.69) is 92.1 Å². The van der Waals surface area contributed by atoms with Gasteiger partial charge in [-0.1, -0.05) is 202 Å². The molecule has 0 aromatic rings. The number of quaternary nitrogens is 1. The zero-order valence-electron chi connectivity index (χ0n) is 40.1. The molecule has 3 atom stereocenters. The van der Waals surface area contributed by atoms with Gasteiger partial charge in [-0.3, -0.25) is 13.8 Å². The van der Waals surface area contributed by atoms with Crippen molar-refractivity contribution < 1.29 is 32.9 Å². The second kappa shape index (κ2) is 43.2. The second-order valence-electron chi connectivity index (χ2n) is 17.8. The number of amides is 1. The fourth-order valence-corrected chi connectivity index (χ4v) is 7.55. The van der Waals surface area contributed by atoms with Crippen LogP contribution in [0, 0.1) is 0 Å². The van der Waals surface area contributed by atoms with Crippen LogP contribution >= 0.6 is 7.82 Å². The molecule has 9 heteroatoms. The second-order valence-corrected chi connectivity index (χ2v) is 19.3. The van der Waals surface area contributed by atoms with E-state index in [-0.39, 0.29) is 19.1 Å². The van der Waals surface area contributed by atoms with Gasteiger partial charge in [-0.25, -0.2) is 4.57 Å². The van der Waals surface area contributed by atoms with Crippen LogP contribution in [0.1, 0.15) is 200 Å². The lowest BCUT2D eigenvalue weighted by molar-refractivity contribution is -0.870. The van der Waals surface area contributed by atoms with Gasteiger partial charge in [-0.15, -0.1) is 0 Å². The predicted octanol–water partition coefficient (Wildman–Crippen LogP) is 14.4. The van der Waals surface area contributed by atoms with Gasteiger partial charge in [0, 0.05) is 6.42 Å². The van der Waals surface area contributed by atoms with Gasteiger partial charge in [-0.05, 0) is 64.2 Å². The molecule has 61 heavy (non-hydrogen) atoms. The minimum absolute atomic E-state index is 0.0624. The molecule has 0 radical (unpaired) electrons. The molecule has 3 unspecified atom stereocenters. The van der Waals surface area contributed by atoms with E-state index in [1.165, 1.54) is 96.3 Å². The van der Waals surface area contributed by atoms with Crippen LogP contribution in [0.5, 0.6) is 0 Å². The predicted molar refractivity (Wildman–Crippen MR) is 263 cm³/mol. The molecular formula is C52H96N2O6P+. The van der Waals surface area contributed by atoms with Crippen molar-refractivity contribution in [2.24, 2.45) is 0 Å². The Morgan fingerprint density at radius 3 is 1.41 bits per heavy atom. The topological polar surface area (TPSA) is 105 Å². The molecule has 0 fully saturated rings. The number of carbonyl (C=O) groups is 1. The molecule has 0 aliphatic carbocycles. The van der Waals surface area contributed by atoms with Gasteiger partial charge in [-0.2, -0.15) is 0 Å². The fraction of sp³-hybridized carbons (Fsp3) is 0.750. The van der Waals surface area contributed by atoms with E-state index >= 15 is 0 Å². The van der Waals surface area contributed by atoms with Crippen LogP contribution in [0.2, 0.25) is 0 Å². The molecule has 0 bridgehead atoms. The van der Waals surface area contributed by atoms with E-state index in [1.807, 2.05) is 21.1 Å². The van der Waals surface area contributed by atoms with Gasteiger partial charge < -0.3 is 19.8 Å². The lowest BCUT2D eigenvalue weighted by Crippen LogP contribution is -2.46. The zero-order valence-corrected chi connectivity index (χ0v) is 41.0. The van der Waals surface area contributed by atoms with E-state index in [4.69, 9.17) is 9.05 Å². The highest BCUT2D eigenvalue weighted by Crippen LogP contribution is 2.43. The first-order valence-corrected chi connectivity index (χ1v) is 26.3. The molecule has 0 aromatic carbocycles. The summed E-state index contributed by atoms with van der Waals surface area (Å²) >= 11 is 0. The Bertz CT molecular complexity index is 1220. The average molecular weight is 876 g/mol. The summed E-state index contributed by atoms with van der Waals surface area (Å²) in [5.41, 5.74) is 0. The smallest absolute Gasteiger partial charge is 0.391 e. The van der Waals surface area contributed by atoms with Gasteiger partial charge in [0.25, 0.3) is 0 Å². The number of nitrogens with zero attached hydrogens (tertiary/aromatic N) is 1. The summed E-state index contributed by atoms with van der Waals surface area (Å²) in [6, 6.07) is -0.788. The normalized spacial score (nSPS) is 14.8. The van der Waals surface area contributed by atoms with Crippen LogP contribution < -0.4 is 5.32 Å². The number of aliphatic hydroxyl groups is 1. The average Bonchev–Trinajstić information content (AvgIpc) is 3.21. The molecule has 0 aromatic heterocycles. The summed E-state index contributed by atoms with van der Waals surface area (Å²) in [5.74, 6) is -0.188. The van der Waals surface area contributed by atoms with E-state index < -0.39 is 20.0 Å². The van der Waals surface area contributed by atoms with Crippen LogP contribution in [-0.2, 0) is 18.4 Å². The third-order valence-corrected chi connectivity index (χ3v) is 11.7. The van der Waals surface area contributed by atoms with Crippen LogP contribution in [0.3, 0.4) is 0 Å². The van der Waals surface area contributed by atoms with Gasteiger partial charge in [0.2, 0.25) is 5.91 Å². The molecule has 1 amide bonds. The van der Waals surface area contributed by atoms with Crippen molar-refractivity contribution in [3.63, 3.8) is 0 Å². The van der Waals surface area contributed by atoms with Crippen LogP contribution in [0.15, 0.2) is 72.9 Å². The van der Waals surface area contributed by atoms with Gasteiger partial charge in [0.15, 0.2) is 0 Å². The Labute approximate surface area is 376 Å². The third-order valence-electron chi connectivity index (χ3n) is 10.7. The summed E-state index contributed by atoms with van der Waals surface area (Å²) in [5, 5.41) is 14.0. The van der Waals surface area contributed by atoms with E-state index in [0.29, 0.717) is 30.3 Å². The maximum Gasteiger partial charge on any atom is 0.472 e. The van der Waals surface area contributed by atoms with Crippen molar-refractivity contribution in [1.29, 1.82) is 0 Å². The first-order valence-electron chi connectivity index (χ1n) is 24.8. The summed E-state index contributed by atoms with van der Waals surface area (Å²) in [6.45, 7) is 4.74. The van der Waals surface area contributed by atoms with Crippen molar-refractivity contribution >= 4 is 13.7 Å². The third kappa shape index (κ3) is 45.8. The number of likely N-dealkylation sites (N-methyl/N-ethyl adjacent to an activating group) is 1. The number of nitrogens with one attached hydrogen (secondary N) is 1. The quantitative estimate of drug-likeness (QED) is 0.0244. The molecule has 354 valence electrons. The van der Waals surface area contributed by atoms with Crippen LogP contribution in [0.25, 0.3) is 0 Å². The molecule has 0 spiro atoms. The minimum Gasteiger partial charge on any atom is -0.391 e. The molecule has 0 aliphatic heterocycles. The zero-order chi connectivity index (χ0) is 45.0. The van der Waals surface area contributed by atoms with Crippen molar-refractivity contribution in [1.82, 2.24) is 5.32 Å². The fourth-order valence-electron chi connectivity index (χ4n) is 6.81. The van der Waals surface area contributed by atoms with Crippen molar-refractivity contribution in [3.8, 4) is 0 Å². The Hall–Kier alpha value is -2.06. The Balaban J connectivity index is 4.40. The monoisotopic (exact) mass is 876 g/mol. The number of rotatable bonds is 44. The highest BCUT2D eigenvalue weighted by molar-refractivity contribution is 7.47. The first-order chi connectivity index (χ1) is 29.5. The number of hydrogen-bond acceptors (Lipinski definition) is 5. The number of unbranched alkanes of at least 4 members (excludes halogenated alkanes) is 19. The molecule has 0 saturated heterocycles. The van der Waals surface area contributed by atoms with Crippen LogP contribution in [-0.4, -0.2) is 73.4 Å². The molecule has 0 heterocycles. The van der Waals surface area contributed by atoms with Gasteiger partial charge in [0.1, 0.15) is 13.2 Å². The maximum atomic E-state index is 12.9. The molecule has 0 aliphatic rings. The van der Waals surface area contributed by atoms with Crippen LogP contribution in [0.4, 0.5) is 0 Å². The maximum absolute atomic E-state index is 12.9. The summed E-state index contributed by atoms with van der Waals surface area (Å²) in [7, 11) is 1.58. The number of carbonyl (C=O) groups excluding carboxylic acids is 1. The number of aliphatic hydroxyl groups excluding tert-OH is 1. The number of allylic oxidation sites excluding steroid dienone is 12. The standard InChI is InChI=1S/C52H95N2O6P/c1-6-8-10-12-14-16-18-20-22-24-26-27-28-30-32-34-36-38-40-42-44-46-52(56)53-50(49-60-61(57,58)59-48-47-54(3,4)5)51(55)45-43-41-39-37-35-33-31-29-25-23-21-19-17-15-13-11-9-7-2/h8,10,14,16,20,22,26-27,30,32,36,38,50-51,55H,6-7,9,11-13,15,17-19,21,23-25,28-29,31,33-35,37,39-49H2,1-5H3,(H-,53,56,57,58)/p+1/b10-8-,16-14-,22-20-,27-26-,32-30-,38-36-. The molecule has 0 rings (SSSR count). The number of phosphoric acid groups is 1. The Kier molecular flexibility index (Phi) is 41.7. The number of phosphoric ester groups is 1. The van der Waals surface area contributed by atoms with E-state index in [0.717, 1.165) is 70.6 Å². The Morgan fingerprint density at radius 2 is 0.984 bits per heavy atom. The van der Waals surface area contributed by atoms with Crippen molar-refractivity contribution in [2.45, 2.75) is 212 Å². The summed E-state index contributed by atoms with van der Waals surface area (Å²) in [6.07, 6.45) is 57.9. The largest absolute Gasteiger partial charge is 0.472 e. The summed E-state index contributed by atoms with van der Waals surface area (Å²) in [4.78, 5) is 23.2. The number of hydrogen-bond donors (Lipinski definition) is 3. The van der Waals surface area contributed by atoms with E-state index in [1.54, 1.807) is 0 Å². The van der Waals surface area contributed by atoms with Crippen molar-refractivity contribution in [2.75, 3.05) is 40.9 Å². The molecule has 8 nitrogen and oxygen atoms in total. The first kappa shape index (κ1) is 58.9. The van der Waals surface area contributed by atoms with E-state index in [9.17, 15) is 19.4 Å².